The van der Waals surface area contributed by atoms with Crippen LogP contribution in [0.1, 0.15) is 117 Å². The lowest BCUT2D eigenvalue weighted by atomic mass is 9.62. The number of amides is 6. The average Bonchev–Trinajstić information content (AvgIpc) is 3.85. The molecule has 6 amide bonds. The lowest BCUT2D eigenvalue weighted by Gasteiger charge is -2.38. The van der Waals surface area contributed by atoms with Crippen LogP contribution in [-0.4, -0.2) is 71.1 Å². The summed E-state index contributed by atoms with van der Waals surface area (Å²) in [6.45, 7) is 6.87. The minimum absolute atomic E-state index is 0.0485. The first-order valence-corrected chi connectivity index (χ1v) is 22.5. The summed E-state index contributed by atoms with van der Waals surface area (Å²) in [6.07, 6.45) is 4.40. The normalized spacial score (nSPS) is 26.4. The van der Waals surface area contributed by atoms with Gasteiger partial charge < -0.3 is 26.2 Å². The Balaban J connectivity index is 0.875. The van der Waals surface area contributed by atoms with E-state index in [4.69, 9.17) is 23.2 Å². The Hall–Kier alpha value is -5.29. The van der Waals surface area contributed by atoms with E-state index in [1.807, 2.05) is 6.07 Å². The zero-order valence-electron chi connectivity index (χ0n) is 35.5. The number of piperidine rings is 1. The summed E-state index contributed by atoms with van der Waals surface area (Å²) in [7, 11) is 0. The number of nitrogens with zero attached hydrogens (tertiary/aromatic N) is 1. The molecular weight excluding hydrogens is 846 g/mol. The first kappa shape index (κ1) is 44.3. The molecule has 0 bridgehead atoms. The zero-order valence-corrected chi connectivity index (χ0v) is 37.0. The van der Waals surface area contributed by atoms with E-state index in [9.17, 15) is 28.8 Å². The highest BCUT2D eigenvalue weighted by Gasteiger charge is 2.66. The van der Waals surface area contributed by atoms with E-state index in [0.29, 0.717) is 78.9 Å². The number of unbranched alkanes of at least 4 members (excludes halogenated alkanes) is 1. The van der Waals surface area contributed by atoms with Gasteiger partial charge in [0.25, 0.3) is 5.91 Å². The molecule has 8 rings (SSSR count). The Labute approximate surface area is 376 Å². The molecule has 1 aliphatic carbocycles. The number of rotatable bonds is 9. The Kier molecular flexibility index (Phi) is 12.5. The number of nitrogens with one attached hydrogen (secondary N) is 5. The van der Waals surface area contributed by atoms with Crippen LogP contribution in [0.15, 0.2) is 54.6 Å². The number of anilines is 1. The van der Waals surface area contributed by atoms with Gasteiger partial charge in [0.05, 0.1) is 11.1 Å². The third-order valence-corrected chi connectivity index (χ3v) is 13.8. The van der Waals surface area contributed by atoms with E-state index >= 15 is 4.39 Å². The average molecular weight is 898 g/mol. The van der Waals surface area contributed by atoms with Gasteiger partial charge >= 0.3 is 0 Å². The molecule has 3 fully saturated rings. The van der Waals surface area contributed by atoms with E-state index in [1.54, 1.807) is 42.5 Å². The molecule has 63 heavy (non-hydrogen) atoms. The number of hydrogen-bond donors (Lipinski definition) is 5. The Morgan fingerprint density at radius 3 is 2.46 bits per heavy atom. The van der Waals surface area contributed by atoms with Crippen molar-refractivity contribution < 1.29 is 33.2 Å². The van der Waals surface area contributed by atoms with E-state index in [1.165, 1.54) is 11.0 Å². The SMILES string of the molecule is CC(C)(C)C[C@@H]1N[C@@H](C(=O)N[C@H]2CC[C@H](C(=O)NCCCC#Cc3cccc4c3CN(C3CCC(=O)NC3=O)C4=O)CC2)[C@H](c2cccc(Cl)c2F)[C@]12C(=O)Nc1cc(Cl)ccc12. The number of benzene rings is 3. The van der Waals surface area contributed by atoms with E-state index < -0.39 is 41.2 Å². The molecule has 5 atom stereocenters. The Morgan fingerprint density at radius 2 is 1.71 bits per heavy atom. The molecule has 3 aromatic rings. The van der Waals surface area contributed by atoms with Gasteiger partial charge in [-0.2, -0.15) is 0 Å². The highest BCUT2D eigenvalue weighted by Crippen LogP contribution is 2.57. The van der Waals surface area contributed by atoms with E-state index in [-0.39, 0.29) is 76.9 Å². The summed E-state index contributed by atoms with van der Waals surface area (Å²) in [5, 5.41) is 15.4. The quantitative estimate of drug-likeness (QED) is 0.0961. The molecule has 1 unspecified atom stereocenters. The molecular formula is C48H51Cl2FN6O6. The Morgan fingerprint density at radius 1 is 0.952 bits per heavy atom. The standard InChI is InChI=1S/C48H51Cl2FN6O6/c1-47(2,3)24-37-48(33-19-16-28(49)23-35(33)54-46(48)63)39(31-12-8-13-34(50)40(31)51)41(55-37)44(61)53-29-17-14-27(15-18-29)42(59)52-22-6-4-5-9-26-10-7-11-30-32(26)25-57(45(30)62)36-20-21-38(58)56-43(36)60/h7-8,10-13,16,19,23,27,29,36-37,39,41,55H,4,6,14-15,17-18,20-22,24-25H2,1-3H3,(H,52,59)(H,53,61)(H,54,63)(H,56,58,60)/t27-,29-,36?,37-,39-,41+,48+/m0/s1. The van der Waals surface area contributed by atoms with Gasteiger partial charge in [0.15, 0.2) is 0 Å². The second-order valence-electron chi connectivity index (χ2n) is 18.6. The molecule has 4 aliphatic heterocycles. The number of carbonyl (C=O) groups excluding carboxylic acids is 6. The van der Waals surface area contributed by atoms with Crippen LogP contribution in [0.5, 0.6) is 0 Å². The van der Waals surface area contributed by atoms with Crippen LogP contribution >= 0.6 is 23.2 Å². The van der Waals surface area contributed by atoms with Crippen molar-refractivity contribution in [2.75, 3.05) is 11.9 Å². The molecule has 330 valence electrons. The lowest BCUT2D eigenvalue weighted by molar-refractivity contribution is -0.137. The fourth-order valence-corrected chi connectivity index (χ4v) is 10.7. The number of imide groups is 1. The molecule has 15 heteroatoms. The van der Waals surface area contributed by atoms with Crippen LogP contribution in [0.2, 0.25) is 10.0 Å². The summed E-state index contributed by atoms with van der Waals surface area (Å²) in [4.78, 5) is 80.9. The smallest absolute Gasteiger partial charge is 0.255 e. The van der Waals surface area contributed by atoms with Gasteiger partial charge in [0, 0.05) is 71.7 Å². The summed E-state index contributed by atoms with van der Waals surface area (Å²) >= 11 is 12.7. The van der Waals surface area contributed by atoms with Gasteiger partial charge in [0.2, 0.25) is 29.5 Å². The lowest BCUT2D eigenvalue weighted by Crippen LogP contribution is -2.52. The highest BCUT2D eigenvalue weighted by atomic mass is 35.5. The van der Waals surface area contributed by atoms with Crippen molar-refractivity contribution in [1.29, 1.82) is 0 Å². The maximum atomic E-state index is 16.2. The Bertz CT molecular complexity index is 2450. The highest BCUT2D eigenvalue weighted by molar-refractivity contribution is 6.31. The molecule has 0 radical (unpaired) electrons. The molecule has 0 aromatic heterocycles. The van der Waals surface area contributed by atoms with E-state index in [0.717, 1.165) is 5.56 Å². The number of fused-ring (bicyclic) bond motifs is 3. The second-order valence-corrected chi connectivity index (χ2v) is 19.4. The van der Waals surface area contributed by atoms with Crippen LogP contribution in [0, 0.1) is 29.0 Å². The second kappa shape index (κ2) is 17.7. The molecule has 5 N–H and O–H groups in total. The van der Waals surface area contributed by atoms with Crippen molar-refractivity contribution in [2.24, 2.45) is 11.3 Å². The van der Waals surface area contributed by atoms with Crippen molar-refractivity contribution in [3.8, 4) is 11.8 Å². The third kappa shape index (κ3) is 8.57. The third-order valence-electron chi connectivity index (χ3n) is 13.2. The summed E-state index contributed by atoms with van der Waals surface area (Å²) in [5.74, 6) is 2.70. The van der Waals surface area contributed by atoms with Crippen LogP contribution in [-0.2, 0) is 35.9 Å². The first-order chi connectivity index (χ1) is 30.1. The van der Waals surface area contributed by atoms with E-state index in [2.05, 4.69) is 59.2 Å². The topological polar surface area (TPSA) is 166 Å². The molecule has 5 aliphatic rings. The first-order valence-electron chi connectivity index (χ1n) is 21.7. The van der Waals surface area contributed by atoms with Gasteiger partial charge in [-0.1, -0.05) is 80.1 Å². The molecule has 4 heterocycles. The summed E-state index contributed by atoms with van der Waals surface area (Å²) in [6, 6.07) is 12.8. The van der Waals surface area contributed by atoms with Crippen LogP contribution in [0.4, 0.5) is 10.1 Å². The molecule has 12 nitrogen and oxygen atoms in total. The number of halogens is 3. The predicted octanol–water partition coefficient (Wildman–Crippen LogP) is 6.27. The van der Waals surface area contributed by atoms with Crippen molar-refractivity contribution in [3.63, 3.8) is 0 Å². The van der Waals surface area contributed by atoms with Crippen molar-refractivity contribution in [1.82, 2.24) is 26.2 Å². The fourth-order valence-electron chi connectivity index (χ4n) is 10.3. The maximum absolute atomic E-state index is 16.2. The minimum Gasteiger partial charge on any atom is -0.356 e. The van der Waals surface area contributed by atoms with Crippen molar-refractivity contribution in [3.05, 3.63) is 98.3 Å². The van der Waals surface area contributed by atoms with Crippen molar-refractivity contribution in [2.45, 2.75) is 121 Å². The summed E-state index contributed by atoms with van der Waals surface area (Å²) in [5.41, 5.74) is 1.71. The van der Waals surface area contributed by atoms with Gasteiger partial charge in [-0.3, -0.25) is 34.1 Å². The van der Waals surface area contributed by atoms with Crippen LogP contribution in [0.3, 0.4) is 0 Å². The monoisotopic (exact) mass is 896 g/mol. The molecule has 1 saturated carbocycles. The zero-order chi connectivity index (χ0) is 44.8. The predicted molar refractivity (Wildman–Crippen MR) is 236 cm³/mol. The maximum Gasteiger partial charge on any atom is 0.255 e. The number of carbonyl (C=O) groups is 6. The minimum atomic E-state index is -1.36. The van der Waals surface area contributed by atoms with Gasteiger partial charge in [-0.05, 0) is 97.4 Å². The molecule has 1 spiro atoms. The van der Waals surface area contributed by atoms with Gasteiger partial charge in [-0.25, -0.2) is 4.39 Å². The van der Waals surface area contributed by atoms with Crippen LogP contribution < -0.4 is 26.6 Å². The van der Waals surface area contributed by atoms with Crippen LogP contribution in [0.25, 0.3) is 0 Å². The summed E-state index contributed by atoms with van der Waals surface area (Å²) < 4.78 is 16.2. The molecule has 3 aromatic carbocycles. The fraction of sp³-hybridized carbons (Fsp3) is 0.458. The van der Waals surface area contributed by atoms with Gasteiger partial charge in [-0.15, -0.1) is 0 Å². The molecule has 2 saturated heterocycles. The van der Waals surface area contributed by atoms with Gasteiger partial charge in [0.1, 0.15) is 17.3 Å². The number of hydrogen-bond acceptors (Lipinski definition) is 7. The van der Waals surface area contributed by atoms with Crippen molar-refractivity contribution >= 4 is 64.3 Å². The largest absolute Gasteiger partial charge is 0.356 e.